The Hall–Kier alpha value is -0.120. The van der Waals surface area contributed by atoms with Crippen molar-refractivity contribution < 1.29 is 12.8 Å². The molecule has 0 saturated heterocycles. The highest BCUT2D eigenvalue weighted by Gasteiger charge is 1.95. The second-order valence-corrected chi connectivity index (χ2v) is 2.56. The van der Waals surface area contributed by atoms with Gasteiger partial charge in [0, 0.05) is 0 Å². The van der Waals surface area contributed by atoms with Gasteiger partial charge in [0.25, 0.3) is 0 Å². The Morgan fingerprint density at radius 3 is 1.83 bits per heavy atom. The Morgan fingerprint density at radius 2 is 1.83 bits per heavy atom. The van der Waals surface area contributed by atoms with E-state index >= 15 is 0 Å². The van der Waals surface area contributed by atoms with Gasteiger partial charge in [0.2, 0.25) is 0 Å². The first-order chi connectivity index (χ1) is 2.56. The van der Waals surface area contributed by atoms with Gasteiger partial charge >= 0.3 is 0 Å². The summed E-state index contributed by atoms with van der Waals surface area (Å²) in [4.78, 5) is 0. The molecule has 2 nitrogen and oxygen atoms in total. The zero-order valence-electron chi connectivity index (χ0n) is 3.02. The molecular weight excluding hydrogens is 107 g/mol. The minimum Gasteiger partial charge on any atom is -0.234 e. The highest BCUT2D eigenvalue weighted by Crippen LogP contribution is 1.81. The maximum Gasteiger partial charge on any atom is 0.190 e. The van der Waals surface area contributed by atoms with Crippen molar-refractivity contribution in [3.63, 3.8) is 0 Å². The maximum absolute atomic E-state index is 10.8. The summed E-state index contributed by atoms with van der Waals surface area (Å²) in [5.41, 5.74) is 0. The normalized spacial score (nSPS) is 11.7. The standard InChI is InChI=1S/C2H4FO2S/c1-6(4,5)2-3/h1-2H2. The summed E-state index contributed by atoms with van der Waals surface area (Å²) in [6.07, 6.45) is 2.49. The minimum absolute atomic E-state index is 1.37. The number of alkyl halides is 1. The molecule has 0 unspecified atom stereocenters. The van der Waals surface area contributed by atoms with Crippen molar-refractivity contribution in [1.82, 2.24) is 0 Å². The van der Waals surface area contributed by atoms with Gasteiger partial charge in [-0.25, -0.2) is 12.8 Å². The predicted molar refractivity (Wildman–Crippen MR) is 20.3 cm³/mol. The van der Waals surface area contributed by atoms with Gasteiger partial charge in [-0.15, -0.1) is 0 Å². The zero-order valence-corrected chi connectivity index (χ0v) is 3.83. The van der Waals surface area contributed by atoms with Crippen LogP contribution in [0.5, 0.6) is 0 Å². The van der Waals surface area contributed by atoms with Crippen LogP contribution >= 0.6 is 0 Å². The molecule has 0 heterocycles. The molecular formula is C2H4FO2S. The van der Waals surface area contributed by atoms with E-state index < -0.39 is 15.8 Å². The predicted octanol–water partition coefficient (Wildman–Crippen LogP) is 0.120. The van der Waals surface area contributed by atoms with Gasteiger partial charge in [-0.2, -0.15) is 0 Å². The van der Waals surface area contributed by atoms with Crippen LogP contribution < -0.4 is 0 Å². The molecule has 0 aliphatic rings. The fraction of sp³-hybridized carbons (Fsp3) is 0.500. The Kier molecular flexibility index (Phi) is 1.52. The van der Waals surface area contributed by atoms with E-state index in [1.54, 1.807) is 0 Å². The number of hydrogen-bond acceptors (Lipinski definition) is 2. The van der Waals surface area contributed by atoms with E-state index in [0.717, 1.165) is 0 Å². The van der Waals surface area contributed by atoms with Crippen molar-refractivity contribution >= 4 is 9.84 Å². The number of hydrogen-bond donors (Lipinski definition) is 0. The van der Waals surface area contributed by atoms with E-state index in [1.807, 2.05) is 0 Å². The monoisotopic (exact) mass is 111 g/mol. The third kappa shape index (κ3) is 3.88. The third-order valence-electron chi connectivity index (χ3n) is 0.166. The molecule has 0 spiro atoms. The van der Waals surface area contributed by atoms with E-state index in [9.17, 15) is 12.8 Å². The summed E-state index contributed by atoms with van der Waals surface area (Å²) in [5.74, 6) is 0. The molecule has 0 saturated carbocycles. The molecule has 0 fully saturated rings. The molecule has 0 aromatic heterocycles. The highest BCUT2D eigenvalue weighted by molar-refractivity contribution is 7.92. The van der Waals surface area contributed by atoms with Crippen molar-refractivity contribution in [2.75, 3.05) is 6.01 Å². The van der Waals surface area contributed by atoms with Gasteiger partial charge in [0.15, 0.2) is 15.8 Å². The van der Waals surface area contributed by atoms with Gasteiger partial charge in [0.1, 0.15) is 0 Å². The van der Waals surface area contributed by atoms with Crippen LogP contribution in [0.2, 0.25) is 0 Å². The van der Waals surface area contributed by atoms with Crippen molar-refractivity contribution in [2.45, 2.75) is 0 Å². The molecule has 0 aromatic rings. The van der Waals surface area contributed by atoms with Crippen LogP contribution in [-0.2, 0) is 9.84 Å². The van der Waals surface area contributed by atoms with E-state index in [-0.39, 0.29) is 0 Å². The van der Waals surface area contributed by atoms with Crippen LogP contribution in [0.3, 0.4) is 0 Å². The van der Waals surface area contributed by atoms with Gasteiger partial charge in [-0.1, -0.05) is 0 Å². The lowest BCUT2D eigenvalue weighted by molar-refractivity contribution is 0.541. The first-order valence-corrected chi connectivity index (χ1v) is 3.00. The molecule has 0 amide bonds. The first kappa shape index (κ1) is 5.88. The van der Waals surface area contributed by atoms with E-state index in [2.05, 4.69) is 6.26 Å². The third-order valence-corrected chi connectivity index (χ3v) is 0.499. The Morgan fingerprint density at radius 1 is 1.67 bits per heavy atom. The zero-order chi connectivity index (χ0) is 5.21. The largest absolute Gasteiger partial charge is 0.234 e. The first-order valence-electron chi connectivity index (χ1n) is 1.18. The van der Waals surface area contributed by atoms with E-state index in [0.29, 0.717) is 0 Å². The lowest BCUT2D eigenvalue weighted by atomic mass is 11.8. The summed E-state index contributed by atoms with van der Waals surface area (Å²) in [6.45, 7) is 0. The fourth-order valence-electron chi connectivity index (χ4n) is 0. The Balaban J connectivity index is 3.85. The topological polar surface area (TPSA) is 34.1 Å². The van der Waals surface area contributed by atoms with Gasteiger partial charge in [-0.05, 0) is 0 Å². The maximum atomic E-state index is 10.8. The van der Waals surface area contributed by atoms with Gasteiger partial charge in [-0.3, -0.25) is 0 Å². The van der Waals surface area contributed by atoms with Crippen molar-refractivity contribution in [3.05, 3.63) is 6.26 Å². The SMILES string of the molecule is [CH2]S(=O)(=O)CF. The van der Waals surface area contributed by atoms with Crippen molar-refractivity contribution in [1.29, 1.82) is 0 Å². The van der Waals surface area contributed by atoms with Crippen LogP contribution in [0.4, 0.5) is 4.39 Å². The van der Waals surface area contributed by atoms with E-state index in [4.69, 9.17) is 0 Å². The molecule has 0 rings (SSSR count). The molecule has 0 aliphatic heterocycles. The summed E-state index contributed by atoms with van der Waals surface area (Å²) in [7, 11) is -3.58. The minimum atomic E-state index is -3.58. The van der Waals surface area contributed by atoms with Gasteiger partial charge < -0.3 is 0 Å². The fourth-order valence-corrected chi connectivity index (χ4v) is 0. The van der Waals surface area contributed by atoms with Crippen molar-refractivity contribution in [2.24, 2.45) is 0 Å². The lowest BCUT2D eigenvalue weighted by Gasteiger charge is -1.77. The number of sulfone groups is 1. The Labute approximate surface area is 35.9 Å². The van der Waals surface area contributed by atoms with Crippen LogP contribution in [-0.4, -0.2) is 14.4 Å². The van der Waals surface area contributed by atoms with Gasteiger partial charge in [0.05, 0.1) is 6.26 Å². The van der Waals surface area contributed by atoms with Crippen LogP contribution in [0.25, 0.3) is 0 Å². The molecule has 6 heavy (non-hydrogen) atoms. The summed E-state index contributed by atoms with van der Waals surface area (Å²) in [5, 5.41) is 0. The quantitative estimate of drug-likeness (QED) is 0.481. The molecule has 0 bridgehead atoms. The highest BCUT2D eigenvalue weighted by atomic mass is 32.2. The molecule has 37 valence electrons. The molecule has 0 aromatic carbocycles. The van der Waals surface area contributed by atoms with Crippen LogP contribution in [0.15, 0.2) is 0 Å². The second kappa shape index (κ2) is 1.55. The average Bonchev–Trinajstić information content (AvgIpc) is 1.35. The average molecular weight is 111 g/mol. The lowest BCUT2D eigenvalue weighted by Crippen LogP contribution is -1.91. The summed E-state index contributed by atoms with van der Waals surface area (Å²) >= 11 is 0. The summed E-state index contributed by atoms with van der Waals surface area (Å²) in [6, 6.07) is -1.37. The van der Waals surface area contributed by atoms with Crippen LogP contribution in [0.1, 0.15) is 0 Å². The molecule has 0 atom stereocenters. The molecule has 0 N–H and O–H groups in total. The second-order valence-electron chi connectivity index (χ2n) is 0.853. The molecule has 1 radical (unpaired) electrons. The summed E-state index contributed by atoms with van der Waals surface area (Å²) < 4.78 is 29.9. The smallest absolute Gasteiger partial charge is 0.190 e. The molecule has 0 aliphatic carbocycles. The van der Waals surface area contributed by atoms with Crippen LogP contribution in [0, 0.1) is 6.26 Å². The number of rotatable bonds is 1. The van der Waals surface area contributed by atoms with E-state index in [1.165, 1.54) is 0 Å². The number of halogens is 1. The molecule has 4 heteroatoms. The Bertz CT molecular complexity index is 114. The van der Waals surface area contributed by atoms with Crippen molar-refractivity contribution in [3.8, 4) is 0 Å².